The Bertz CT molecular complexity index is 626. The zero-order valence-corrected chi connectivity index (χ0v) is 14.2. The van der Waals surface area contributed by atoms with Gasteiger partial charge in [0, 0.05) is 23.0 Å². The zero-order valence-electron chi connectivity index (χ0n) is 13.4. The zero-order chi connectivity index (χ0) is 16.1. The summed E-state index contributed by atoms with van der Waals surface area (Å²) in [5.74, 6) is 2.26. The lowest BCUT2D eigenvalue weighted by Gasteiger charge is -2.28. The minimum Gasteiger partial charge on any atom is -0.236 e. The van der Waals surface area contributed by atoms with Crippen molar-refractivity contribution in [2.45, 2.75) is 44.4 Å². The molecule has 0 radical (unpaired) electrons. The molecule has 1 aromatic carbocycles. The average Bonchev–Trinajstić information content (AvgIpc) is 2.61. The van der Waals surface area contributed by atoms with Gasteiger partial charge in [-0.1, -0.05) is 17.7 Å². The number of hydrogen-bond donors (Lipinski definition) is 0. The summed E-state index contributed by atoms with van der Waals surface area (Å²) in [6.07, 6.45) is 13.6. The van der Waals surface area contributed by atoms with E-state index >= 15 is 0 Å². The van der Waals surface area contributed by atoms with E-state index in [-0.39, 0.29) is 0 Å². The van der Waals surface area contributed by atoms with Crippen molar-refractivity contribution in [1.29, 1.82) is 0 Å². The molecule has 1 aromatic heterocycles. The van der Waals surface area contributed by atoms with Gasteiger partial charge in [0.15, 0.2) is 5.82 Å². The first-order chi connectivity index (χ1) is 11.3. The Labute approximate surface area is 143 Å². The molecule has 0 unspecified atom stereocenters. The predicted octanol–water partition coefficient (Wildman–Crippen LogP) is 6.04. The molecule has 0 aliphatic heterocycles. The highest BCUT2D eigenvalue weighted by Crippen LogP contribution is 2.37. The van der Waals surface area contributed by atoms with Gasteiger partial charge in [-0.05, 0) is 80.2 Å². The second-order valence-corrected chi connectivity index (χ2v) is 6.87. The molecule has 120 valence electrons. The molecule has 0 saturated heterocycles. The maximum absolute atomic E-state index is 5.92. The molecule has 1 saturated carbocycles. The largest absolute Gasteiger partial charge is 0.236 e. The highest BCUT2D eigenvalue weighted by Gasteiger charge is 2.22. The minimum absolute atomic E-state index is 0.620. The van der Waals surface area contributed by atoms with Crippen molar-refractivity contribution in [3.05, 3.63) is 59.9 Å². The van der Waals surface area contributed by atoms with Crippen molar-refractivity contribution in [3.63, 3.8) is 0 Å². The molecule has 0 atom stereocenters. The molecular formula is C20H23ClN2. The minimum atomic E-state index is 0.620. The third-order valence-corrected chi connectivity index (χ3v) is 5.12. The molecule has 3 heteroatoms. The summed E-state index contributed by atoms with van der Waals surface area (Å²) in [4.78, 5) is 9.11. The van der Waals surface area contributed by atoms with Crippen LogP contribution in [0.5, 0.6) is 0 Å². The van der Waals surface area contributed by atoms with E-state index in [4.69, 9.17) is 11.6 Å². The predicted molar refractivity (Wildman–Crippen MR) is 96.6 cm³/mol. The van der Waals surface area contributed by atoms with Gasteiger partial charge in [0.2, 0.25) is 0 Å². The van der Waals surface area contributed by atoms with Crippen LogP contribution >= 0.6 is 11.6 Å². The fourth-order valence-electron chi connectivity index (χ4n) is 3.43. The van der Waals surface area contributed by atoms with Crippen LogP contribution in [0.15, 0.2) is 49.3 Å². The van der Waals surface area contributed by atoms with Gasteiger partial charge in [0.1, 0.15) is 0 Å². The summed E-state index contributed by atoms with van der Waals surface area (Å²) in [5, 5.41) is 0.735. The first kappa shape index (κ1) is 16.2. The molecule has 1 aliphatic rings. The summed E-state index contributed by atoms with van der Waals surface area (Å²) in [6.45, 7) is 3.82. The quantitative estimate of drug-likeness (QED) is 0.626. The van der Waals surface area contributed by atoms with Crippen LogP contribution in [0, 0.1) is 5.92 Å². The monoisotopic (exact) mass is 326 g/mol. The highest BCUT2D eigenvalue weighted by molar-refractivity contribution is 6.30. The van der Waals surface area contributed by atoms with Gasteiger partial charge in [-0.3, -0.25) is 0 Å². The first-order valence-electron chi connectivity index (χ1n) is 8.45. The lowest BCUT2D eigenvalue weighted by molar-refractivity contribution is 0.311. The van der Waals surface area contributed by atoms with Crippen molar-refractivity contribution < 1.29 is 0 Å². The van der Waals surface area contributed by atoms with Gasteiger partial charge >= 0.3 is 0 Å². The van der Waals surface area contributed by atoms with Crippen molar-refractivity contribution in [3.8, 4) is 11.4 Å². The van der Waals surface area contributed by atoms with E-state index < -0.39 is 0 Å². The molecule has 23 heavy (non-hydrogen) atoms. The maximum atomic E-state index is 5.92. The summed E-state index contributed by atoms with van der Waals surface area (Å²) in [7, 11) is 0. The summed E-state index contributed by atoms with van der Waals surface area (Å²) in [5.41, 5.74) is 2.29. The van der Waals surface area contributed by atoms with Gasteiger partial charge in [0.05, 0.1) is 0 Å². The van der Waals surface area contributed by atoms with Crippen LogP contribution in [0.3, 0.4) is 0 Å². The molecule has 0 amide bonds. The van der Waals surface area contributed by atoms with Gasteiger partial charge < -0.3 is 0 Å². The smallest absolute Gasteiger partial charge is 0.159 e. The van der Waals surface area contributed by atoms with Crippen molar-refractivity contribution in [2.75, 3.05) is 0 Å². The Balaban J connectivity index is 1.62. The lowest BCUT2D eigenvalue weighted by Crippen LogP contribution is -2.13. The SMILES string of the molecule is C=CCC[C@H]1CC[C@H](c2cnc(-c3ccc(Cl)cc3)nc2)CC1. The lowest BCUT2D eigenvalue weighted by atomic mass is 9.78. The number of nitrogens with zero attached hydrogens (tertiary/aromatic N) is 2. The van der Waals surface area contributed by atoms with E-state index in [1.54, 1.807) is 0 Å². The van der Waals surface area contributed by atoms with E-state index in [2.05, 4.69) is 16.5 Å². The summed E-state index contributed by atoms with van der Waals surface area (Å²) >= 11 is 5.92. The molecular weight excluding hydrogens is 304 g/mol. The van der Waals surface area contributed by atoms with Gasteiger partial charge in [-0.15, -0.1) is 6.58 Å². The van der Waals surface area contributed by atoms with Crippen LogP contribution in [0.25, 0.3) is 11.4 Å². The normalized spacial score (nSPS) is 21.1. The Morgan fingerprint density at radius 1 is 1.04 bits per heavy atom. The van der Waals surface area contributed by atoms with Crippen LogP contribution in [-0.2, 0) is 0 Å². The Kier molecular flexibility index (Phi) is 5.45. The molecule has 3 rings (SSSR count). The van der Waals surface area contributed by atoms with Crippen molar-refractivity contribution in [1.82, 2.24) is 9.97 Å². The van der Waals surface area contributed by atoms with Crippen LogP contribution in [0.1, 0.15) is 50.0 Å². The van der Waals surface area contributed by atoms with Crippen molar-refractivity contribution >= 4 is 11.6 Å². The molecule has 1 fully saturated rings. The molecule has 2 nitrogen and oxygen atoms in total. The highest BCUT2D eigenvalue weighted by atomic mass is 35.5. The van der Waals surface area contributed by atoms with Crippen LogP contribution < -0.4 is 0 Å². The van der Waals surface area contributed by atoms with E-state index in [1.165, 1.54) is 37.7 Å². The summed E-state index contributed by atoms with van der Waals surface area (Å²) in [6, 6.07) is 7.67. The summed E-state index contributed by atoms with van der Waals surface area (Å²) < 4.78 is 0. The molecule has 0 spiro atoms. The number of benzene rings is 1. The molecule has 1 aliphatic carbocycles. The second kappa shape index (κ2) is 7.74. The topological polar surface area (TPSA) is 25.8 Å². The fraction of sp³-hybridized carbons (Fsp3) is 0.400. The average molecular weight is 327 g/mol. The van der Waals surface area contributed by atoms with Crippen molar-refractivity contribution in [2.24, 2.45) is 5.92 Å². The third kappa shape index (κ3) is 4.20. The van der Waals surface area contributed by atoms with Crippen LogP contribution in [0.2, 0.25) is 5.02 Å². The first-order valence-corrected chi connectivity index (χ1v) is 8.83. The molecule has 0 bridgehead atoms. The number of rotatable bonds is 5. The van der Waals surface area contributed by atoms with E-state index in [9.17, 15) is 0 Å². The van der Waals surface area contributed by atoms with Gasteiger partial charge in [-0.2, -0.15) is 0 Å². The molecule has 2 aromatic rings. The van der Waals surface area contributed by atoms with Crippen LogP contribution in [0.4, 0.5) is 0 Å². The number of allylic oxidation sites excluding steroid dienone is 1. The Morgan fingerprint density at radius 2 is 1.70 bits per heavy atom. The fourth-order valence-corrected chi connectivity index (χ4v) is 3.56. The Hall–Kier alpha value is -1.67. The number of aromatic nitrogens is 2. The van der Waals surface area contributed by atoms with E-state index in [0.29, 0.717) is 5.92 Å². The van der Waals surface area contributed by atoms with Crippen LogP contribution in [-0.4, -0.2) is 9.97 Å². The third-order valence-electron chi connectivity index (χ3n) is 4.87. The number of halogens is 1. The molecule has 0 N–H and O–H groups in total. The maximum Gasteiger partial charge on any atom is 0.159 e. The molecule has 1 heterocycles. The van der Waals surface area contributed by atoms with E-state index in [1.807, 2.05) is 42.7 Å². The second-order valence-electron chi connectivity index (χ2n) is 6.43. The number of hydrogen-bond acceptors (Lipinski definition) is 2. The standard InChI is InChI=1S/C20H23ClN2/c1-2-3-4-15-5-7-16(8-6-15)18-13-22-20(23-14-18)17-9-11-19(21)12-10-17/h2,9-16H,1,3-8H2/t15-,16-. The Morgan fingerprint density at radius 3 is 2.30 bits per heavy atom. The van der Waals surface area contributed by atoms with Gasteiger partial charge in [0.25, 0.3) is 0 Å². The van der Waals surface area contributed by atoms with Gasteiger partial charge in [-0.25, -0.2) is 9.97 Å². The van der Waals surface area contributed by atoms with E-state index in [0.717, 1.165) is 28.7 Å².